The number of carbonyl (C=O) groups excluding carboxylic acids is 2. The molecule has 2 aromatic rings. The predicted molar refractivity (Wildman–Crippen MR) is 95.4 cm³/mol. The molecule has 0 aliphatic heterocycles. The van der Waals surface area contributed by atoms with Gasteiger partial charge in [0.25, 0.3) is 0 Å². The minimum absolute atomic E-state index is 0.0350. The molecule has 1 atom stereocenters. The number of nitrogens with one attached hydrogen (secondary N) is 1. The van der Waals surface area contributed by atoms with E-state index in [0.717, 1.165) is 6.42 Å². The highest BCUT2D eigenvalue weighted by molar-refractivity contribution is 7.18. The molecule has 1 aromatic carbocycles. The van der Waals surface area contributed by atoms with Gasteiger partial charge in [-0.2, -0.15) is 0 Å². The van der Waals surface area contributed by atoms with Gasteiger partial charge in [-0.3, -0.25) is 9.59 Å². The van der Waals surface area contributed by atoms with Crippen LogP contribution in [0.25, 0.3) is 0 Å². The van der Waals surface area contributed by atoms with Crippen LogP contribution >= 0.6 is 22.9 Å². The van der Waals surface area contributed by atoms with Crippen molar-refractivity contribution in [2.75, 3.05) is 6.54 Å². The van der Waals surface area contributed by atoms with Crippen molar-refractivity contribution in [2.24, 2.45) is 0 Å². The summed E-state index contributed by atoms with van der Waals surface area (Å²) < 4.78 is 0.589. The van der Waals surface area contributed by atoms with Gasteiger partial charge in [0.15, 0.2) is 5.78 Å². The van der Waals surface area contributed by atoms with Gasteiger partial charge in [-0.25, -0.2) is 0 Å². The molecule has 3 nitrogen and oxygen atoms in total. The van der Waals surface area contributed by atoms with Crippen molar-refractivity contribution in [3.8, 4) is 0 Å². The number of Topliss-reactive ketones (excluding diaryl/α,β-unsaturated/α-hetero) is 1. The van der Waals surface area contributed by atoms with Gasteiger partial charge in [-0.15, -0.1) is 11.3 Å². The molecule has 2 rings (SSSR count). The monoisotopic (exact) mass is 349 g/mol. The second-order valence-electron chi connectivity index (χ2n) is 5.35. The van der Waals surface area contributed by atoms with Crippen LogP contribution in [0.2, 0.25) is 4.34 Å². The van der Waals surface area contributed by atoms with E-state index in [0.29, 0.717) is 21.7 Å². The molecule has 1 N–H and O–H groups in total. The Labute approximate surface area is 145 Å². The molecule has 5 heteroatoms. The Morgan fingerprint density at radius 3 is 2.48 bits per heavy atom. The summed E-state index contributed by atoms with van der Waals surface area (Å²) in [6.45, 7) is 2.70. The lowest BCUT2D eigenvalue weighted by molar-refractivity contribution is -0.121. The fourth-order valence-electron chi connectivity index (χ4n) is 2.36. The van der Waals surface area contributed by atoms with E-state index < -0.39 is 0 Å². The zero-order chi connectivity index (χ0) is 16.7. The maximum Gasteiger partial charge on any atom is 0.220 e. The van der Waals surface area contributed by atoms with Crippen molar-refractivity contribution >= 4 is 34.6 Å². The minimum Gasteiger partial charge on any atom is -0.355 e. The number of hydrogen-bond donors (Lipinski definition) is 1. The van der Waals surface area contributed by atoms with Crippen molar-refractivity contribution in [3.63, 3.8) is 0 Å². The van der Waals surface area contributed by atoms with Crippen LogP contribution in [-0.4, -0.2) is 18.2 Å². The number of benzene rings is 1. The molecule has 0 saturated carbocycles. The van der Waals surface area contributed by atoms with Gasteiger partial charge in [0.1, 0.15) is 0 Å². The molecule has 0 bridgehead atoms. The molecular formula is C18H20ClNO2S. The predicted octanol–water partition coefficient (Wildman–Crippen LogP) is 4.67. The third-order valence-corrected chi connectivity index (χ3v) is 5.01. The van der Waals surface area contributed by atoms with Crippen LogP contribution in [-0.2, 0) is 4.79 Å². The minimum atomic E-state index is -0.0876. The number of thiophene rings is 1. The van der Waals surface area contributed by atoms with Crippen molar-refractivity contribution < 1.29 is 9.59 Å². The van der Waals surface area contributed by atoms with Gasteiger partial charge in [0, 0.05) is 25.3 Å². The van der Waals surface area contributed by atoms with Crippen molar-refractivity contribution in [3.05, 3.63) is 57.2 Å². The lowest BCUT2D eigenvalue weighted by Crippen LogP contribution is -2.28. The fourth-order valence-corrected chi connectivity index (χ4v) is 3.37. The fraction of sp³-hybridized carbons (Fsp3) is 0.333. The second kappa shape index (κ2) is 8.85. The van der Waals surface area contributed by atoms with Gasteiger partial charge in [0.05, 0.1) is 9.21 Å². The molecule has 0 fully saturated rings. The number of carbonyl (C=O) groups is 2. The summed E-state index contributed by atoms with van der Waals surface area (Å²) in [5.74, 6) is 0.175. The van der Waals surface area contributed by atoms with Crippen molar-refractivity contribution in [1.82, 2.24) is 5.32 Å². The lowest BCUT2D eigenvalue weighted by Gasteiger charge is -2.16. The zero-order valence-corrected chi connectivity index (χ0v) is 14.6. The lowest BCUT2D eigenvalue weighted by atomic mass is 9.96. The number of amides is 1. The normalized spacial score (nSPS) is 11.9. The largest absolute Gasteiger partial charge is 0.355 e. The molecule has 0 saturated heterocycles. The van der Waals surface area contributed by atoms with Crippen LogP contribution in [0.3, 0.4) is 0 Å². The highest BCUT2D eigenvalue weighted by atomic mass is 35.5. The Morgan fingerprint density at radius 2 is 1.87 bits per heavy atom. The number of rotatable bonds is 8. The third-order valence-electron chi connectivity index (χ3n) is 3.74. The Bertz CT molecular complexity index is 654. The summed E-state index contributed by atoms with van der Waals surface area (Å²) in [6, 6.07) is 13.5. The van der Waals surface area contributed by atoms with E-state index in [1.807, 2.05) is 18.2 Å². The summed E-state index contributed by atoms with van der Waals surface area (Å²) in [5.41, 5.74) is 1.22. The highest BCUT2D eigenvalue weighted by Crippen LogP contribution is 2.23. The van der Waals surface area contributed by atoms with Gasteiger partial charge >= 0.3 is 0 Å². The van der Waals surface area contributed by atoms with E-state index in [1.165, 1.54) is 16.9 Å². The third kappa shape index (κ3) is 5.48. The maximum absolute atomic E-state index is 12.0. The van der Waals surface area contributed by atoms with Crippen LogP contribution in [0.1, 0.15) is 47.3 Å². The molecule has 0 radical (unpaired) electrons. The second-order valence-corrected chi connectivity index (χ2v) is 7.06. The quantitative estimate of drug-likeness (QED) is 0.703. The number of hydrogen-bond acceptors (Lipinski definition) is 3. The van der Waals surface area contributed by atoms with Gasteiger partial charge in [0.2, 0.25) is 5.91 Å². The van der Waals surface area contributed by atoms with E-state index in [4.69, 9.17) is 11.6 Å². The van der Waals surface area contributed by atoms with E-state index in [1.54, 1.807) is 12.1 Å². The zero-order valence-electron chi connectivity index (χ0n) is 13.0. The molecular weight excluding hydrogens is 330 g/mol. The van der Waals surface area contributed by atoms with Crippen LogP contribution in [0, 0.1) is 0 Å². The summed E-state index contributed by atoms with van der Waals surface area (Å²) in [5, 5.41) is 2.93. The first-order chi connectivity index (χ1) is 11.1. The maximum atomic E-state index is 12.0. The Hall–Kier alpha value is -1.65. The molecule has 23 heavy (non-hydrogen) atoms. The first kappa shape index (κ1) is 17.7. The van der Waals surface area contributed by atoms with Crippen LogP contribution in [0.15, 0.2) is 42.5 Å². The molecule has 0 spiro atoms. The van der Waals surface area contributed by atoms with E-state index in [-0.39, 0.29) is 24.5 Å². The van der Waals surface area contributed by atoms with E-state index in [9.17, 15) is 9.59 Å². The SMILES string of the molecule is CCC(CNC(=O)CCC(=O)c1ccc(Cl)s1)c1ccccc1. The Morgan fingerprint density at radius 1 is 1.13 bits per heavy atom. The highest BCUT2D eigenvalue weighted by Gasteiger charge is 2.13. The Kier molecular flexibility index (Phi) is 6.81. The van der Waals surface area contributed by atoms with Crippen molar-refractivity contribution in [1.29, 1.82) is 0 Å². The van der Waals surface area contributed by atoms with Gasteiger partial charge < -0.3 is 5.32 Å². The molecule has 0 aliphatic rings. The summed E-state index contributed by atoms with van der Waals surface area (Å²) in [6.07, 6.45) is 1.38. The molecule has 1 aromatic heterocycles. The molecule has 1 unspecified atom stereocenters. The first-order valence-corrected chi connectivity index (χ1v) is 8.89. The molecule has 1 amide bonds. The standard InChI is InChI=1S/C18H20ClNO2S/c1-2-13(14-6-4-3-5-7-14)12-20-18(22)11-8-15(21)16-9-10-17(19)23-16/h3-7,9-10,13H,2,8,11-12H2,1H3,(H,20,22). The number of ketones is 1. The average Bonchev–Trinajstić information content (AvgIpc) is 3.01. The van der Waals surface area contributed by atoms with Crippen molar-refractivity contribution in [2.45, 2.75) is 32.1 Å². The summed E-state index contributed by atoms with van der Waals surface area (Å²) in [4.78, 5) is 24.5. The summed E-state index contributed by atoms with van der Waals surface area (Å²) >= 11 is 7.06. The van der Waals surface area contributed by atoms with Crippen LogP contribution in [0.5, 0.6) is 0 Å². The van der Waals surface area contributed by atoms with Gasteiger partial charge in [-0.1, -0.05) is 48.9 Å². The topological polar surface area (TPSA) is 46.2 Å². The molecule has 0 aliphatic carbocycles. The van der Waals surface area contributed by atoms with Crippen LogP contribution in [0.4, 0.5) is 0 Å². The Balaban J connectivity index is 1.77. The first-order valence-electron chi connectivity index (χ1n) is 7.70. The average molecular weight is 350 g/mol. The summed E-state index contributed by atoms with van der Waals surface area (Å²) in [7, 11) is 0. The van der Waals surface area contributed by atoms with Crippen LogP contribution < -0.4 is 5.32 Å². The molecule has 122 valence electrons. The number of halogens is 1. The van der Waals surface area contributed by atoms with E-state index >= 15 is 0 Å². The van der Waals surface area contributed by atoms with Gasteiger partial charge in [-0.05, 0) is 24.1 Å². The molecule has 1 heterocycles. The van der Waals surface area contributed by atoms with E-state index in [2.05, 4.69) is 24.4 Å². The smallest absolute Gasteiger partial charge is 0.220 e.